The van der Waals surface area contributed by atoms with Crippen LogP contribution in [0.1, 0.15) is 39.0 Å². The summed E-state index contributed by atoms with van der Waals surface area (Å²) < 4.78 is 0. The summed E-state index contributed by atoms with van der Waals surface area (Å²) in [6.07, 6.45) is -4.70. The maximum atomic E-state index is 9.64. The molecule has 0 rings (SSSR count). The molecule has 0 amide bonds. The average Bonchev–Trinajstić information content (AvgIpc) is 2.36. The SMILES string of the molecule is CCC[C@@H](O)[C@H](O)[C@H](O)[C@H](O)[C@@H](O)CCCCO. The lowest BCUT2D eigenvalue weighted by molar-refractivity contribution is -0.135. The molecular weight excluding hydrogens is 240 g/mol. The summed E-state index contributed by atoms with van der Waals surface area (Å²) in [5.74, 6) is 0. The quantitative estimate of drug-likeness (QED) is 0.275. The van der Waals surface area contributed by atoms with Crippen molar-refractivity contribution in [3.05, 3.63) is 0 Å². The van der Waals surface area contributed by atoms with Gasteiger partial charge in [-0.2, -0.15) is 0 Å². The summed E-state index contributed by atoms with van der Waals surface area (Å²) in [4.78, 5) is 0. The molecule has 18 heavy (non-hydrogen) atoms. The molecule has 0 fully saturated rings. The fourth-order valence-corrected chi connectivity index (χ4v) is 1.76. The summed E-state index contributed by atoms with van der Waals surface area (Å²) in [6.45, 7) is 1.83. The van der Waals surface area contributed by atoms with E-state index in [0.29, 0.717) is 25.7 Å². The van der Waals surface area contributed by atoms with Gasteiger partial charge in [-0.25, -0.2) is 0 Å². The molecule has 110 valence electrons. The molecular formula is C12H26O6. The number of unbranched alkanes of at least 4 members (excludes halogenated alkanes) is 1. The molecule has 0 aromatic rings. The lowest BCUT2D eigenvalue weighted by atomic mass is 9.95. The van der Waals surface area contributed by atoms with Crippen LogP contribution in [0.15, 0.2) is 0 Å². The molecule has 0 spiro atoms. The fraction of sp³-hybridized carbons (Fsp3) is 1.00. The highest BCUT2D eigenvalue weighted by atomic mass is 16.4. The lowest BCUT2D eigenvalue weighted by Crippen LogP contribution is -2.49. The topological polar surface area (TPSA) is 121 Å². The second-order valence-electron chi connectivity index (χ2n) is 4.61. The largest absolute Gasteiger partial charge is 0.396 e. The van der Waals surface area contributed by atoms with Gasteiger partial charge in [-0.15, -0.1) is 0 Å². The Balaban J connectivity index is 4.17. The third-order valence-electron chi connectivity index (χ3n) is 2.98. The van der Waals surface area contributed by atoms with E-state index in [1.807, 2.05) is 6.92 Å². The Bertz CT molecular complexity index is 201. The van der Waals surface area contributed by atoms with Crippen LogP contribution in [-0.4, -0.2) is 67.8 Å². The number of hydrogen-bond donors (Lipinski definition) is 6. The highest BCUT2D eigenvalue weighted by Crippen LogP contribution is 2.14. The van der Waals surface area contributed by atoms with Crippen LogP contribution in [0.5, 0.6) is 0 Å². The van der Waals surface area contributed by atoms with E-state index in [9.17, 15) is 25.5 Å². The molecule has 0 bridgehead atoms. The molecule has 0 saturated carbocycles. The zero-order valence-electron chi connectivity index (χ0n) is 10.8. The van der Waals surface area contributed by atoms with Crippen LogP contribution < -0.4 is 0 Å². The van der Waals surface area contributed by atoms with Gasteiger partial charge in [0.1, 0.15) is 18.3 Å². The minimum Gasteiger partial charge on any atom is -0.396 e. The summed E-state index contributed by atoms with van der Waals surface area (Å²) >= 11 is 0. The van der Waals surface area contributed by atoms with Crippen molar-refractivity contribution >= 4 is 0 Å². The third kappa shape index (κ3) is 6.08. The van der Waals surface area contributed by atoms with E-state index in [1.54, 1.807) is 0 Å². The minimum absolute atomic E-state index is 0.00318. The van der Waals surface area contributed by atoms with Gasteiger partial charge in [0.2, 0.25) is 0 Å². The van der Waals surface area contributed by atoms with Gasteiger partial charge in [0.05, 0.1) is 12.2 Å². The first-order valence-electron chi connectivity index (χ1n) is 6.46. The van der Waals surface area contributed by atoms with E-state index in [-0.39, 0.29) is 13.0 Å². The molecule has 5 atom stereocenters. The first kappa shape index (κ1) is 17.8. The standard InChI is InChI=1S/C12H26O6/c1-2-5-8(14)10(16)12(18)11(17)9(15)6-3-4-7-13/h8-18H,2-7H2,1H3/t8-,9+,10+,11-,12+/m1/s1. The molecule has 0 heterocycles. The van der Waals surface area contributed by atoms with Crippen molar-refractivity contribution < 1.29 is 30.6 Å². The summed E-state index contributed by atoms with van der Waals surface area (Å²) in [7, 11) is 0. The van der Waals surface area contributed by atoms with Crippen LogP contribution in [0.4, 0.5) is 0 Å². The molecule has 0 aliphatic rings. The van der Waals surface area contributed by atoms with Gasteiger partial charge in [0.15, 0.2) is 0 Å². The minimum atomic E-state index is -1.59. The second kappa shape index (κ2) is 9.66. The Hall–Kier alpha value is -0.240. The fourth-order valence-electron chi connectivity index (χ4n) is 1.76. The van der Waals surface area contributed by atoms with Crippen LogP contribution in [0, 0.1) is 0 Å². The first-order valence-corrected chi connectivity index (χ1v) is 6.46. The van der Waals surface area contributed by atoms with Crippen LogP contribution in [0.3, 0.4) is 0 Å². The molecule has 6 nitrogen and oxygen atoms in total. The molecule has 0 radical (unpaired) electrons. The second-order valence-corrected chi connectivity index (χ2v) is 4.61. The van der Waals surface area contributed by atoms with E-state index in [4.69, 9.17) is 5.11 Å². The highest BCUT2D eigenvalue weighted by Gasteiger charge is 2.33. The zero-order chi connectivity index (χ0) is 14.1. The van der Waals surface area contributed by atoms with Crippen molar-refractivity contribution in [2.75, 3.05) is 6.61 Å². The molecule has 0 aromatic carbocycles. The Morgan fingerprint density at radius 1 is 0.722 bits per heavy atom. The number of hydrogen-bond acceptors (Lipinski definition) is 6. The summed E-state index contributed by atoms with van der Waals surface area (Å²) in [5, 5.41) is 56.5. The van der Waals surface area contributed by atoms with E-state index in [2.05, 4.69) is 0 Å². The van der Waals surface area contributed by atoms with E-state index >= 15 is 0 Å². The van der Waals surface area contributed by atoms with Crippen LogP contribution in [0.25, 0.3) is 0 Å². The van der Waals surface area contributed by atoms with Crippen LogP contribution >= 0.6 is 0 Å². The van der Waals surface area contributed by atoms with Crippen molar-refractivity contribution in [1.82, 2.24) is 0 Å². The van der Waals surface area contributed by atoms with Gasteiger partial charge < -0.3 is 30.6 Å². The molecule has 0 unspecified atom stereocenters. The Kier molecular flexibility index (Phi) is 9.53. The van der Waals surface area contributed by atoms with Crippen molar-refractivity contribution in [3.8, 4) is 0 Å². The van der Waals surface area contributed by atoms with Crippen LogP contribution in [-0.2, 0) is 0 Å². The van der Waals surface area contributed by atoms with Gasteiger partial charge in [-0.05, 0) is 25.7 Å². The van der Waals surface area contributed by atoms with Crippen molar-refractivity contribution in [2.45, 2.75) is 69.5 Å². The lowest BCUT2D eigenvalue weighted by Gasteiger charge is -2.29. The predicted molar refractivity (Wildman–Crippen MR) is 65.9 cm³/mol. The third-order valence-corrected chi connectivity index (χ3v) is 2.98. The maximum absolute atomic E-state index is 9.64. The normalized spacial score (nSPS) is 20.2. The Morgan fingerprint density at radius 2 is 1.22 bits per heavy atom. The number of rotatable bonds is 10. The van der Waals surface area contributed by atoms with Crippen molar-refractivity contribution in [3.63, 3.8) is 0 Å². The van der Waals surface area contributed by atoms with Crippen molar-refractivity contribution in [1.29, 1.82) is 0 Å². The van der Waals surface area contributed by atoms with Crippen LogP contribution in [0.2, 0.25) is 0 Å². The van der Waals surface area contributed by atoms with E-state index in [0.717, 1.165) is 0 Å². The number of aliphatic hydroxyl groups is 6. The van der Waals surface area contributed by atoms with Gasteiger partial charge in [-0.3, -0.25) is 0 Å². The average molecular weight is 266 g/mol. The number of aliphatic hydroxyl groups excluding tert-OH is 6. The molecule has 6 heteroatoms. The molecule has 0 aliphatic heterocycles. The van der Waals surface area contributed by atoms with E-state index < -0.39 is 30.5 Å². The smallest absolute Gasteiger partial charge is 0.111 e. The molecule has 0 saturated heterocycles. The molecule has 0 aromatic heterocycles. The van der Waals surface area contributed by atoms with Gasteiger partial charge in [0, 0.05) is 6.61 Å². The Morgan fingerprint density at radius 3 is 1.67 bits per heavy atom. The maximum Gasteiger partial charge on any atom is 0.111 e. The molecule has 6 N–H and O–H groups in total. The van der Waals surface area contributed by atoms with Gasteiger partial charge in [-0.1, -0.05) is 13.3 Å². The van der Waals surface area contributed by atoms with E-state index in [1.165, 1.54) is 0 Å². The van der Waals surface area contributed by atoms with Gasteiger partial charge >= 0.3 is 0 Å². The summed E-state index contributed by atoms with van der Waals surface area (Å²) in [5.41, 5.74) is 0. The highest BCUT2D eigenvalue weighted by molar-refractivity contribution is 4.84. The van der Waals surface area contributed by atoms with Crippen molar-refractivity contribution in [2.24, 2.45) is 0 Å². The van der Waals surface area contributed by atoms with Gasteiger partial charge in [0.25, 0.3) is 0 Å². The summed E-state index contributed by atoms with van der Waals surface area (Å²) in [6, 6.07) is 0. The first-order chi connectivity index (χ1) is 8.45. The molecule has 0 aliphatic carbocycles. The predicted octanol–water partition coefficient (Wildman–Crippen LogP) is -1.25. The zero-order valence-corrected chi connectivity index (χ0v) is 10.8. The monoisotopic (exact) mass is 266 g/mol. The Labute approximate surface area is 108 Å².